The van der Waals surface area contributed by atoms with Gasteiger partial charge in [-0.05, 0) is 18.6 Å². The second-order valence-electron chi connectivity index (χ2n) is 4.96. The molecule has 6 heteroatoms. The first kappa shape index (κ1) is 14.3. The molecule has 6 nitrogen and oxygen atoms in total. The maximum atomic E-state index is 11.2. The van der Waals surface area contributed by atoms with Crippen LogP contribution in [0.1, 0.15) is 25.3 Å². The van der Waals surface area contributed by atoms with Crippen molar-refractivity contribution in [3.63, 3.8) is 0 Å². The van der Waals surface area contributed by atoms with Crippen LogP contribution in [-0.2, 0) is 0 Å². The topological polar surface area (TPSA) is 82.2 Å². The van der Waals surface area contributed by atoms with Gasteiger partial charge in [-0.15, -0.1) is 0 Å². The fourth-order valence-electron chi connectivity index (χ4n) is 2.59. The second kappa shape index (κ2) is 6.35. The van der Waals surface area contributed by atoms with Gasteiger partial charge in [0.15, 0.2) is 0 Å². The number of hydrogen-bond acceptors (Lipinski definition) is 5. The van der Waals surface area contributed by atoms with E-state index in [-0.39, 0.29) is 5.69 Å². The van der Waals surface area contributed by atoms with Crippen molar-refractivity contribution in [3.8, 4) is 6.07 Å². The van der Waals surface area contributed by atoms with Crippen LogP contribution in [0, 0.1) is 21.4 Å². The third-order valence-corrected chi connectivity index (χ3v) is 3.53. The van der Waals surface area contributed by atoms with E-state index in [1.807, 2.05) is 11.0 Å². The van der Waals surface area contributed by atoms with Gasteiger partial charge in [-0.1, -0.05) is 13.3 Å². The molecule has 20 heavy (non-hydrogen) atoms. The first-order valence-electron chi connectivity index (χ1n) is 6.82. The minimum absolute atomic E-state index is 0.0150. The minimum Gasteiger partial charge on any atom is -0.363 e. The van der Waals surface area contributed by atoms with Crippen molar-refractivity contribution in [2.45, 2.75) is 25.8 Å². The Labute approximate surface area is 118 Å². The number of nitrogens with one attached hydrogen (secondary N) is 1. The highest BCUT2D eigenvalue weighted by Gasteiger charge is 2.25. The molecule has 0 bridgehead atoms. The lowest BCUT2D eigenvalue weighted by molar-refractivity contribution is -0.384. The predicted octanol–water partition coefficient (Wildman–Crippen LogP) is 2.04. The van der Waals surface area contributed by atoms with E-state index in [0.717, 1.165) is 32.5 Å². The van der Waals surface area contributed by atoms with Crippen molar-refractivity contribution in [1.29, 1.82) is 5.26 Å². The van der Waals surface area contributed by atoms with Crippen LogP contribution in [0.2, 0.25) is 0 Å². The lowest BCUT2D eigenvalue weighted by atomic mass is 10.1. The van der Waals surface area contributed by atoms with Crippen LogP contribution < -0.4 is 10.2 Å². The summed E-state index contributed by atoms with van der Waals surface area (Å²) in [5.41, 5.74) is 0.943. The first-order chi connectivity index (χ1) is 9.65. The van der Waals surface area contributed by atoms with Gasteiger partial charge in [-0.3, -0.25) is 10.1 Å². The Morgan fingerprint density at radius 2 is 2.40 bits per heavy atom. The Kier molecular flexibility index (Phi) is 4.53. The zero-order valence-electron chi connectivity index (χ0n) is 11.5. The van der Waals surface area contributed by atoms with Crippen LogP contribution in [0.5, 0.6) is 0 Å². The van der Waals surface area contributed by atoms with E-state index in [2.05, 4.69) is 12.2 Å². The SMILES string of the molecule is CCCC1CN(c2ccc(C#N)cc2[N+](=O)[O-])CCN1. The van der Waals surface area contributed by atoms with Crippen molar-refractivity contribution in [2.24, 2.45) is 0 Å². The lowest BCUT2D eigenvalue weighted by Crippen LogP contribution is -2.50. The standard InChI is InChI=1S/C14H18N4O2/c1-2-3-12-10-17(7-6-16-12)13-5-4-11(9-15)8-14(13)18(19)20/h4-5,8,12,16H,2-3,6-7,10H2,1H3. The highest BCUT2D eigenvalue weighted by molar-refractivity contribution is 5.66. The number of nitro groups is 1. The van der Waals surface area contributed by atoms with Gasteiger partial charge < -0.3 is 10.2 Å². The Balaban J connectivity index is 2.27. The molecule has 0 amide bonds. The van der Waals surface area contributed by atoms with Crippen molar-refractivity contribution >= 4 is 11.4 Å². The molecule has 106 valence electrons. The average molecular weight is 274 g/mol. The molecule has 0 aromatic heterocycles. The number of rotatable bonds is 4. The van der Waals surface area contributed by atoms with Crippen LogP contribution in [0.15, 0.2) is 18.2 Å². The summed E-state index contributed by atoms with van der Waals surface area (Å²) < 4.78 is 0. The molecule has 1 fully saturated rings. The molecule has 2 rings (SSSR count). The molecule has 1 aromatic rings. The Morgan fingerprint density at radius 1 is 1.60 bits per heavy atom. The third kappa shape index (κ3) is 3.06. The van der Waals surface area contributed by atoms with Crippen LogP contribution in [0.3, 0.4) is 0 Å². The highest BCUT2D eigenvalue weighted by Crippen LogP contribution is 2.30. The van der Waals surface area contributed by atoms with Gasteiger partial charge in [-0.25, -0.2) is 0 Å². The van der Waals surface area contributed by atoms with Gasteiger partial charge in [0.05, 0.1) is 16.6 Å². The van der Waals surface area contributed by atoms with Gasteiger partial charge in [0.25, 0.3) is 5.69 Å². The summed E-state index contributed by atoms with van der Waals surface area (Å²) in [5, 5.41) is 23.5. The molecule has 0 radical (unpaired) electrons. The summed E-state index contributed by atoms with van der Waals surface area (Å²) >= 11 is 0. The fourth-order valence-corrected chi connectivity index (χ4v) is 2.59. The van der Waals surface area contributed by atoms with E-state index in [1.54, 1.807) is 12.1 Å². The Morgan fingerprint density at radius 3 is 3.05 bits per heavy atom. The largest absolute Gasteiger partial charge is 0.363 e. The molecule has 0 aliphatic carbocycles. The van der Waals surface area contributed by atoms with Crippen LogP contribution in [0.25, 0.3) is 0 Å². The van der Waals surface area contributed by atoms with Gasteiger partial charge in [-0.2, -0.15) is 5.26 Å². The summed E-state index contributed by atoms with van der Waals surface area (Å²) in [5.74, 6) is 0. The van der Waals surface area contributed by atoms with E-state index in [1.165, 1.54) is 6.07 Å². The van der Waals surface area contributed by atoms with Gasteiger partial charge in [0.1, 0.15) is 5.69 Å². The van der Waals surface area contributed by atoms with Crippen molar-refractivity contribution in [2.75, 3.05) is 24.5 Å². The number of hydrogen-bond donors (Lipinski definition) is 1. The summed E-state index contributed by atoms with van der Waals surface area (Å²) in [7, 11) is 0. The van der Waals surface area contributed by atoms with E-state index >= 15 is 0 Å². The number of nitriles is 1. The molecule has 1 heterocycles. The normalized spacial score (nSPS) is 18.6. The van der Waals surface area contributed by atoms with Gasteiger partial charge in [0, 0.05) is 31.7 Å². The number of piperazine rings is 1. The molecule has 0 spiro atoms. The van der Waals surface area contributed by atoms with Gasteiger partial charge in [0.2, 0.25) is 0 Å². The molecule has 1 N–H and O–H groups in total. The molecule has 1 saturated heterocycles. The summed E-state index contributed by atoms with van der Waals surface area (Å²) in [6.45, 7) is 4.46. The number of anilines is 1. The Bertz CT molecular complexity index is 536. The smallest absolute Gasteiger partial charge is 0.293 e. The molecular weight excluding hydrogens is 256 g/mol. The van der Waals surface area contributed by atoms with Crippen LogP contribution in [0.4, 0.5) is 11.4 Å². The van der Waals surface area contributed by atoms with E-state index in [9.17, 15) is 10.1 Å². The summed E-state index contributed by atoms with van der Waals surface area (Å²) in [6.07, 6.45) is 2.14. The highest BCUT2D eigenvalue weighted by atomic mass is 16.6. The first-order valence-corrected chi connectivity index (χ1v) is 6.82. The van der Waals surface area contributed by atoms with Crippen molar-refractivity contribution in [3.05, 3.63) is 33.9 Å². The van der Waals surface area contributed by atoms with E-state index in [4.69, 9.17) is 5.26 Å². The molecule has 1 atom stereocenters. The number of benzene rings is 1. The van der Waals surface area contributed by atoms with Crippen LogP contribution >= 0.6 is 0 Å². The zero-order valence-corrected chi connectivity index (χ0v) is 11.5. The molecule has 1 unspecified atom stereocenters. The second-order valence-corrected chi connectivity index (χ2v) is 4.96. The third-order valence-electron chi connectivity index (χ3n) is 3.53. The predicted molar refractivity (Wildman–Crippen MR) is 76.7 cm³/mol. The maximum Gasteiger partial charge on any atom is 0.293 e. The summed E-state index contributed by atoms with van der Waals surface area (Å²) in [6, 6.07) is 6.99. The van der Waals surface area contributed by atoms with Crippen molar-refractivity contribution in [1.82, 2.24) is 5.32 Å². The van der Waals surface area contributed by atoms with E-state index < -0.39 is 4.92 Å². The monoisotopic (exact) mass is 274 g/mol. The zero-order chi connectivity index (χ0) is 14.5. The van der Waals surface area contributed by atoms with E-state index in [0.29, 0.717) is 17.3 Å². The van der Waals surface area contributed by atoms with Gasteiger partial charge >= 0.3 is 0 Å². The molecule has 1 aliphatic rings. The van der Waals surface area contributed by atoms with Crippen molar-refractivity contribution < 1.29 is 4.92 Å². The molecule has 1 aromatic carbocycles. The molecular formula is C14H18N4O2. The average Bonchev–Trinajstić information content (AvgIpc) is 2.47. The van der Waals surface area contributed by atoms with Crippen LogP contribution in [-0.4, -0.2) is 30.6 Å². The number of nitrogens with zero attached hydrogens (tertiary/aromatic N) is 3. The minimum atomic E-state index is -0.410. The number of nitro benzene ring substituents is 1. The lowest BCUT2D eigenvalue weighted by Gasteiger charge is -2.35. The maximum absolute atomic E-state index is 11.2. The molecule has 1 aliphatic heterocycles. The quantitative estimate of drug-likeness (QED) is 0.671. The summed E-state index contributed by atoms with van der Waals surface area (Å²) in [4.78, 5) is 12.8. The molecule has 0 saturated carbocycles. The Hall–Kier alpha value is -2.13. The fraction of sp³-hybridized carbons (Fsp3) is 0.500.